The Kier molecular flexibility index (Phi) is 6.21. The third-order valence-corrected chi connectivity index (χ3v) is 3.58. The van der Waals surface area contributed by atoms with Crippen molar-refractivity contribution in [2.75, 3.05) is 18.2 Å². The number of nitrogens with one attached hydrogen (secondary N) is 1. The molecule has 1 aromatic rings. The van der Waals surface area contributed by atoms with E-state index in [9.17, 15) is 5.11 Å². The summed E-state index contributed by atoms with van der Waals surface area (Å²) in [6, 6.07) is 1.89. The Morgan fingerprint density at radius 2 is 2.11 bits per heavy atom. The zero-order valence-corrected chi connectivity index (χ0v) is 12.1. The van der Waals surface area contributed by atoms with E-state index in [1.165, 1.54) is 6.33 Å². The number of aliphatic hydroxyl groups excluding tert-OH is 1. The highest BCUT2D eigenvalue weighted by Crippen LogP contribution is 2.17. The molecule has 0 bridgehead atoms. The van der Waals surface area contributed by atoms with Gasteiger partial charge in [-0.1, -0.05) is 0 Å². The monoisotopic (exact) mass is 271 g/mol. The second-order valence-electron chi connectivity index (χ2n) is 4.30. The average molecular weight is 271 g/mol. The molecule has 2 atom stereocenters. The molecule has 1 rings (SSSR count). The highest BCUT2D eigenvalue weighted by Gasteiger charge is 2.15. The first-order valence-corrected chi connectivity index (χ1v) is 7.24. The number of hydrogen-bond acceptors (Lipinski definition) is 6. The number of rotatable bonds is 7. The minimum Gasteiger partial charge on any atom is -0.475 e. The lowest BCUT2D eigenvalue weighted by molar-refractivity contribution is 0.232. The Balaban J connectivity index is 2.66. The van der Waals surface area contributed by atoms with Crippen molar-refractivity contribution >= 4 is 17.6 Å². The van der Waals surface area contributed by atoms with Crippen LogP contribution in [0.5, 0.6) is 5.88 Å². The van der Waals surface area contributed by atoms with Gasteiger partial charge in [0.15, 0.2) is 0 Å². The van der Waals surface area contributed by atoms with E-state index in [0.717, 1.165) is 0 Å². The van der Waals surface area contributed by atoms with Crippen molar-refractivity contribution in [1.29, 1.82) is 0 Å². The van der Waals surface area contributed by atoms with E-state index in [-0.39, 0.29) is 24.0 Å². The molecule has 0 aliphatic carbocycles. The molecule has 0 saturated heterocycles. The van der Waals surface area contributed by atoms with Gasteiger partial charge in [0.1, 0.15) is 12.1 Å². The maximum absolute atomic E-state index is 9.23. The Hall–Kier alpha value is -1.01. The zero-order chi connectivity index (χ0) is 13.5. The van der Waals surface area contributed by atoms with Gasteiger partial charge in [-0.15, -0.1) is 0 Å². The number of aromatic nitrogens is 2. The average Bonchev–Trinajstić information content (AvgIpc) is 2.30. The summed E-state index contributed by atoms with van der Waals surface area (Å²) in [4.78, 5) is 8.19. The van der Waals surface area contributed by atoms with E-state index in [4.69, 9.17) is 4.74 Å². The summed E-state index contributed by atoms with van der Waals surface area (Å²) >= 11 is 1.62. The number of hydrogen-bond donors (Lipinski definition) is 2. The molecule has 0 saturated carbocycles. The second-order valence-corrected chi connectivity index (χ2v) is 5.37. The zero-order valence-electron chi connectivity index (χ0n) is 11.3. The molecule has 1 heterocycles. The molecule has 0 radical (unpaired) electrons. The number of anilines is 1. The summed E-state index contributed by atoms with van der Waals surface area (Å²) < 4.78 is 5.50. The van der Waals surface area contributed by atoms with Crippen LogP contribution >= 0.6 is 11.8 Å². The molecule has 0 amide bonds. The van der Waals surface area contributed by atoms with Crippen LogP contribution in [0.25, 0.3) is 0 Å². The Bertz CT molecular complexity index is 359. The number of ether oxygens (including phenoxy) is 1. The number of aliphatic hydroxyl groups is 1. The number of nitrogens with zero attached hydrogens (tertiary/aromatic N) is 2. The Morgan fingerprint density at radius 3 is 2.67 bits per heavy atom. The van der Waals surface area contributed by atoms with Gasteiger partial charge >= 0.3 is 0 Å². The van der Waals surface area contributed by atoms with Gasteiger partial charge in [0.2, 0.25) is 5.88 Å². The van der Waals surface area contributed by atoms with Gasteiger partial charge in [-0.3, -0.25) is 0 Å². The molecule has 0 fully saturated rings. The third-order valence-electron chi connectivity index (χ3n) is 2.41. The van der Waals surface area contributed by atoms with Crippen LogP contribution in [0.4, 0.5) is 5.82 Å². The first kappa shape index (κ1) is 15.0. The van der Waals surface area contributed by atoms with Gasteiger partial charge in [-0.05, 0) is 27.0 Å². The summed E-state index contributed by atoms with van der Waals surface area (Å²) in [6.07, 6.45) is 3.54. The van der Waals surface area contributed by atoms with Gasteiger partial charge in [-0.2, -0.15) is 11.8 Å². The molecule has 0 aliphatic heterocycles. The van der Waals surface area contributed by atoms with Gasteiger partial charge in [0.05, 0.1) is 12.7 Å². The van der Waals surface area contributed by atoms with E-state index >= 15 is 0 Å². The van der Waals surface area contributed by atoms with Crippen LogP contribution in [0.1, 0.15) is 20.8 Å². The highest BCUT2D eigenvalue weighted by atomic mass is 32.2. The molecule has 0 aromatic carbocycles. The van der Waals surface area contributed by atoms with Crippen molar-refractivity contribution in [3.63, 3.8) is 0 Å². The second kappa shape index (κ2) is 7.43. The summed E-state index contributed by atoms with van der Waals surface area (Å²) in [5.74, 6) is 1.26. The van der Waals surface area contributed by atoms with E-state index < -0.39 is 0 Å². The normalized spacial score (nSPS) is 14.3. The van der Waals surface area contributed by atoms with Crippen LogP contribution in [0.3, 0.4) is 0 Å². The van der Waals surface area contributed by atoms with Gasteiger partial charge in [-0.25, -0.2) is 9.97 Å². The van der Waals surface area contributed by atoms with Crippen molar-refractivity contribution in [3.8, 4) is 5.88 Å². The van der Waals surface area contributed by atoms with E-state index in [0.29, 0.717) is 11.7 Å². The lowest BCUT2D eigenvalue weighted by Crippen LogP contribution is -2.31. The van der Waals surface area contributed by atoms with Crippen molar-refractivity contribution in [3.05, 3.63) is 12.4 Å². The molecule has 2 unspecified atom stereocenters. The lowest BCUT2D eigenvalue weighted by Gasteiger charge is -2.21. The molecule has 5 nitrogen and oxygen atoms in total. The molecule has 0 spiro atoms. The largest absolute Gasteiger partial charge is 0.475 e. The molecule has 0 aliphatic rings. The molecular weight excluding hydrogens is 250 g/mol. The van der Waals surface area contributed by atoms with E-state index in [1.54, 1.807) is 17.8 Å². The minimum atomic E-state index is 0.0848. The number of thioether (sulfide) groups is 1. The summed E-state index contributed by atoms with van der Waals surface area (Å²) in [5.41, 5.74) is 0. The van der Waals surface area contributed by atoms with Gasteiger partial charge < -0.3 is 15.2 Å². The topological polar surface area (TPSA) is 67.3 Å². The maximum Gasteiger partial charge on any atom is 0.218 e. The standard InChI is InChI=1S/C12H21N3O2S/c1-8(2)17-12-5-11(13-7-14-12)15-9(3)10(6-16)18-4/h5,7-10,16H,6H2,1-4H3,(H,13,14,15). The van der Waals surface area contributed by atoms with Crippen LogP contribution < -0.4 is 10.1 Å². The predicted octanol–water partition coefficient (Wildman–Crippen LogP) is 1.79. The molecular formula is C12H21N3O2S. The first-order valence-electron chi connectivity index (χ1n) is 5.95. The molecule has 6 heteroatoms. The molecule has 1 aromatic heterocycles. The molecule has 2 N–H and O–H groups in total. The van der Waals surface area contributed by atoms with Crippen molar-refractivity contribution in [1.82, 2.24) is 9.97 Å². The molecule has 18 heavy (non-hydrogen) atoms. The smallest absolute Gasteiger partial charge is 0.218 e. The SMILES string of the molecule is CSC(CO)C(C)Nc1cc(OC(C)C)ncn1. The Morgan fingerprint density at radius 1 is 1.39 bits per heavy atom. The van der Waals surface area contributed by atoms with Gasteiger partial charge in [0, 0.05) is 17.4 Å². The fraction of sp³-hybridized carbons (Fsp3) is 0.667. The van der Waals surface area contributed by atoms with E-state index in [1.807, 2.05) is 27.0 Å². The summed E-state index contributed by atoms with van der Waals surface area (Å²) in [6.45, 7) is 6.05. The quantitative estimate of drug-likeness (QED) is 0.788. The van der Waals surface area contributed by atoms with E-state index in [2.05, 4.69) is 15.3 Å². The van der Waals surface area contributed by atoms with Crippen molar-refractivity contribution < 1.29 is 9.84 Å². The predicted molar refractivity (Wildman–Crippen MR) is 75.3 cm³/mol. The Labute approximate surface area is 112 Å². The summed E-state index contributed by atoms with van der Waals surface area (Å²) in [7, 11) is 0. The van der Waals surface area contributed by atoms with Crippen LogP contribution in [-0.4, -0.2) is 45.3 Å². The third kappa shape index (κ3) is 4.70. The fourth-order valence-corrected chi connectivity index (χ4v) is 2.11. The minimum absolute atomic E-state index is 0.0848. The van der Waals surface area contributed by atoms with Crippen LogP contribution in [-0.2, 0) is 0 Å². The summed E-state index contributed by atoms with van der Waals surface area (Å²) in [5, 5.41) is 12.6. The maximum atomic E-state index is 9.23. The van der Waals surface area contributed by atoms with Crippen LogP contribution in [0.2, 0.25) is 0 Å². The van der Waals surface area contributed by atoms with Gasteiger partial charge in [0.25, 0.3) is 0 Å². The highest BCUT2D eigenvalue weighted by molar-refractivity contribution is 7.99. The van der Waals surface area contributed by atoms with Crippen molar-refractivity contribution in [2.45, 2.75) is 38.2 Å². The molecule has 102 valence electrons. The fourth-order valence-electron chi connectivity index (χ4n) is 1.49. The first-order chi connectivity index (χ1) is 8.56. The van der Waals surface area contributed by atoms with Crippen molar-refractivity contribution in [2.24, 2.45) is 0 Å². The van der Waals surface area contributed by atoms with Crippen LogP contribution in [0.15, 0.2) is 12.4 Å². The van der Waals surface area contributed by atoms with Crippen LogP contribution in [0, 0.1) is 0 Å². The lowest BCUT2D eigenvalue weighted by atomic mass is 10.2.